The number of hydrogen-bond acceptors (Lipinski definition) is 4. The molecule has 0 spiro atoms. The van der Waals surface area contributed by atoms with Crippen LogP contribution in [-0.4, -0.2) is 32.9 Å². The predicted molar refractivity (Wildman–Crippen MR) is 90.4 cm³/mol. The number of morpholine rings is 1. The molecule has 3 rings (SSSR count). The van der Waals surface area contributed by atoms with E-state index in [9.17, 15) is 0 Å². The first-order chi connectivity index (χ1) is 11.3. The van der Waals surface area contributed by atoms with Gasteiger partial charge in [0.25, 0.3) is 0 Å². The highest BCUT2D eigenvalue weighted by Crippen LogP contribution is 2.35. The first-order valence-corrected chi connectivity index (χ1v) is 8.03. The van der Waals surface area contributed by atoms with Crippen LogP contribution >= 0.6 is 11.6 Å². The van der Waals surface area contributed by atoms with Crippen LogP contribution in [0.1, 0.15) is 11.7 Å². The summed E-state index contributed by atoms with van der Waals surface area (Å²) < 4.78 is 17.6. The fourth-order valence-electron chi connectivity index (χ4n) is 2.66. The van der Waals surface area contributed by atoms with Gasteiger partial charge >= 0.3 is 0 Å². The van der Waals surface area contributed by atoms with Crippen LogP contribution in [0.5, 0.6) is 11.5 Å². The number of hydrogen-bond donors (Lipinski definition) is 1. The van der Waals surface area contributed by atoms with Gasteiger partial charge in [-0.1, -0.05) is 41.9 Å². The van der Waals surface area contributed by atoms with Gasteiger partial charge in [0.15, 0.2) is 17.6 Å². The molecule has 122 valence electrons. The molecule has 1 saturated heterocycles. The summed E-state index contributed by atoms with van der Waals surface area (Å²) in [6.07, 6.45) is -0.286. The van der Waals surface area contributed by atoms with Crippen LogP contribution in [-0.2, 0) is 4.74 Å². The van der Waals surface area contributed by atoms with Crippen molar-refractivity contribution in [1.29, 1.82) is 0 Å². The Kier molecular flexibility index (Phi) is 5.39. The normalized spacial score (nSPS) is 19.1. The van der Waals surface area contributed by atoms with E-state index in [4.69, 9.17) is 25.8 Å². The third-order valence-corrected chi connectivity index (χ3v) is 4.04. The Bertz CT molecular complexity index is 629. The first kappa shape index (κ1) is 16.1. The Morgan fingerprint density at radius 3 is 2.70 bits per heavy atom. The van der Waals surface area contributed by atoms with Crippen molar-refractivity contribution in [2.24, 2.45) is 0 Å². The largest absolute Gasteiger partial charge is 0.493 e. The molecule has 0 saturated carbocycles. The molecule has 1 N–H and O–H groups in total. The first-order valence-electron chi connectivity index (χ1n) is 7.65. The Hall–Kier alpha value is -1.75. The molecule has 1 aliphatic heterocycles. The Labute approximate surface area is 141 Å². The summed E-state index contributed by atoms with van der Waals surface area (Å²) in [6, 6.07) is 15.5. The summed E-state index contributed by atoms with van der Waals surface area (Å²) in [7, 11) is 1.61. The molecule has 0 unspecified atom stereocenters. The molecule has 5 heteroatoms. The standard InChI is InChI=1S/C18H20ClNO3/c1-21-16-11-14(19)7-8-15(16)23-18(13-5-3-2-4-6-13)17-12-20-9-10-22-17/h2-8,11,17-18,20H,9-10,12H2,1H3/t17-,18+/m0/s1. The van der Waals surface area contributed by atoms with Crippen molar-refractivity contribution in [3.05, 3.63) is 59.1 Å². The van der Waals surface area contributed by atoms with Gasteiger partial charge in [-0.2, -0.15) is 0 Å². The van der Waals surface area contributed by atoms with Gasteiger partial charge in [0, 0.05) is 24.2 Å². The van der Waals surface area contributed by atoms with Crippen LogP contribution < -0.4 is 14.8 Å². The van der Waals surface area contributed by atoms with Crippen LogP contribution in [0.4, 0.5) is 0 Å². The second-order valence-electron chi connectivity index (χ2n) is 5.36. The zero-order chi connectivity index (χ0) is 16.1. The maximum Gasteiger partial charge on any atom is 0.162 e. The number of benzene rings is 2. The van der Waals surface area contributed by atoms with Gasteiger partial charge in [-0.25, -0.2) is 0 Å². The Balaban J connectivity index is 1.89. The van der Waals surface area contributed by atoms with Crippen molar-refractivity contribution in [3.63, 3.8) is 0 Å². The van der Waals surface area contributed by atoms with Gasteiger partial charge in [0.05, 0.1) is 13.7 Å². The van der Waals surface area contributed by atoms with Crippen molar-refractivity contribution in [2.45, 2.75) is 12.2 Å². The number of rotatable bonds is 5. The van der Waals surface area contributed by atoms with Crippen molar-refractivity contribution in [2.75, 3.05) is 26.8 Å². The molecule has 0 radical (unpaired) electrons. The van der Waals surface area contributed by atoms with Crippen molar-refractivity contribution < 1.29 is 14.2 Å². The third-order valence-electron chi connectivity index (χ3n) is 3.80. The molecule has 1 fully saturated rings. The molecule has 0 aromatic heterocycles. The van der Waals surface area contributed by atoms with E-state index in [-0.39, 0.29) is 12.2 Å². The monoisotopic (exact) mass is 333 g/mol. The van der Waals surface area contributed by atoms with E-state index < -0.39 is 0 Å². The minimum absolute atomic E-state index is 0.0634. The fourth-order valence-corrected chi connectivity index (χ4v) is 2.82. The van der Waals surface area contributed by atoms with Crippen LogP contribution in [0.25, 0.3) is 0 Å². The average molecular weight is 334 g/mol. The van der Waals surface area contributed by atoms with E-state index in [0.29, 0.717) is 23.1 Å². The lowest BCUT2D eigenvalue weighted by Crippen LogP contribution is -2.43. The summed E-state index contributed by atoms with van der Waals surface area (Å²) in [6.45, 7) is 2.28. The molecule has 2 aromatic rings. The lowest BCUT2D eigenvalue weighted by Gasteiger charge is -2.32. The zero-order valence-electron chi connectivity index (χ0n) is 13.0. The number of ether oxygens (including phenoxy) is 3. The summed E-state index contributed by atoms with van der Waals surface area (Å²) in [5, 5.41) is 3.96. The molecule has 2 atom stereocenters. The lowest BCUT2D eigenvalue weighted by molar-refractivity contribution is -0.0438. The van der Waals surface area contributed by atoms with Gasteiger partial charge in [-0.3, -0.25) is 0 Å². The van der Waals surface area contributed by atoms with Gasteiger partial charge in [0.2, 0.25) is 0 Å². The summed E-state index contributed by atoms with van der Waals surface area (Å²) in [5.41, 5.74) is 1.07. The highest BCUT2D eigenvalue weighted by atomic mass is 35.5. The van der Waals surface area contributed by atoms with E-state index >= 15 is 0 Å². The fraction of sp³-hybridized carbons (Fsp3) is 0.333. The topological polar surface area (TPSA) is 39.7 Å². The molecule has 1 aliphatic rings. The zero-order valence-corrected chi connectivity index (χ0v) is 13.8. The predicted octanol–water partition coefficient (Wildman–Crippen LogP) is 3.46. The second-order valence-corrected chi connectivity index (χ2v) is 5.79. The smallest absolute Gasteiger partial charge is 0.162 e. The van der Waals surface area contributed by atoms with Crippen molar-refractivity contribution in [1.82, 2.24) is 5.32 Å². The average Bonchev–Trinajstić information content (AvgIpc) is 2.62. The minimum atomic E-state index is -0.223. The highest BCUT2D eigenvalue weighted by Gasteiger charge is 2.28. The van der Waals surface area contributed by atoms with Crippen LogP contribution in [0.3, 0.4) is 0 Å². The molecule has 0 amide bonds. The minimum Gasteiger partial charge on any atom is -0.493 e. The molecule has 2 aromatic carbocycles. The van der Waals surface area contributed by atoms with E-state index in [1.54, 1.807) is 19.2 Å². The molecular formula is C18H20ClNO3. The second kappa shape index (κ2) is 7.68. The van der Waals surface area contributed by atoms with Crippen molar-refractivity contribution >= 4 is 11.6 Å². The molecule has 0 aliphatic carbocycles. The molecular weight excluding hydrogens is 314 g/mol. The summed E-state index contributed by atoms with van der Waals surface area (Å²) >= 11 is 6.03. The number of methoxy groups -OCH3 is 1. The van der Waals surface area contributed by atoms with Crippen LogP contribution in [0.15, 0.2) is 48.5 Å². The van der Waals surface area contributed by atoms with Gasteiger partial charge in [-0.15, -0.1) is 0 Å². The van der Waals surface area contributed by atoms with Gasteiger partial charge < -0.3 is 19.5 Å². The Morgan fingerprint density at radius 2 is 2.00 bits per heavy atom. The van der Waals surface area contributed by atoms with E-state index in [2.05, 4.69) is 5.32 Å². The van der Waals surface area contributed by atoms with E-state index in [0.717, 1.165) is 18.7 Å². The summed E-state index contributed by atoms with van der Waals surface area (Å²) in [4.78, 5) is 0. The number of nitrogens with one attached hydrogen (secondary N) is 1. The molecule has 1 heterocycles. The maximum atomic E-state index is 6.27. The molecule has 23 heavy (non-hydrogen) atoms. The third kappa shape index (κ3) is 3.96. The lowest BCUT2D eigenvalue weighted by atomic mass is 10.0. The van der Waals surface area contributed by atoms with Gasteiger partial charge in [-0.05, 0) is 17.7 Å². The quantitative estimate of drug-likeness (QED) is 0.909. The van der Waals surface area contributed by atoms with Crippen LogP contribution in [0.2, 0.25) is 5.02 Å². The van der Waals surface area contributed by atoms with Crippen molar-refractivity contribution in [3.8, 4) is 11.5 Å². The van der Waals surface area contributed by atoms with Crippen LogP contribution in [0, 0.1) is 0 Å². The molecule has 4 nitrogen and oxygen atoms in total. The van der Waals surface area contributed by atoms with E-state index in [1.807, 2.05) is 36.4 Å². The number of halogens is 1. The molecule has 0 bridgehead atoms. The van der Waals surface area contributed by atoms with Gasteiger partial charge in [0.1, 0.15) is 6.10 Å². The highest BCUT2D eigenvalue weighted by molar-refractivity contribution is 6.30. The van der Waals surface area contributed by atoms with E-state index in [1.165, 1.54) is 0 Å². The summed E-state index contributed by atoms with van der Waals surface area (Å²) in [5.74, 6) is 1.27. The maximum absolute atomic E-state index is 6.27. The SMILES string of the molecule is COc1cc(Cl)ccc1O[C@H](c1ccccc1)[C@@H]1CNCCO1. The Morgan fingerprint density at radius 1 is 1.17 bits per heavy atom.